The standard InChI is InChI=1S/C19H25N5O2/c1-26-16-10-14-4-2-3-13(14)9-15(16)12-23-5-7-24(8-6-23)17-11-18(25)22-19(20)21-17/h9-11H,2-8,12H2,1H3,(H3,20,21,22,25). The van der Waals surface area contributed by atoms with Crippen molar-refractivity contribution in [3.63, 3.8) is 0 Å². The molecule has 7 nitrogen and oxygen atoms in total. The number of benzene rings is 1. The van der Waals surface area contributed by atoms with Gasteiger partial charge in [0.1, 0.15) is 11.6 Å². The molecular formula is C19H25N5O2. The molecule has 7 heteroatoms. The van der Waals surface area contributed by atoms with Gasteiger partial charge < -0.3 is 15.4 Å². The van der Waals surface area contributed by atoms with E-state index in [0.717, 1.165) is 44.9 Å². The van der Waals surface area contributed by atoms with E-state index >= 15 is 0 Å². The Morgan fingerprint density at radius 2 is 1.88 bits per heavy atom. The summed E-state index contributed by atoms with van der Waals surface area (Å²) in [5.41, 5.74) is 9.62. The number of fused-ring (bicyclic) bond motifs is 1. The summed E-state index contributed by atoms with van der Waals surface area (Å²) in [6, 6.07) is 6.05. The zero-order chi connectivity index (χ0) is 18.1. The topological polar surface area (TPSA) is 87.5 Å². The van der Waals surface area contributed by atoms with Gasteiger partial charge >= 0.3 is 0 Å². The lowest BCUT2D eigenvalue weighted by Gasteiger charge is -2.35. The number of aromatic nitrogens is 2. The summed E-state index contributed by atoms with van der Waals surface area (Å²) < 4.78 is 5.63. The number of aryl methyl sites for hydroxylation is 2. The first-order valence-electron chi connectivity index (χ1n) is 9.15. The Hall–Kier alpha value is -2.54. The number of anilines is 2. The molecule has 138 valence electrons. The summed E-state index contributed by atoms with van der Waals surface area (Å²) in [5.74, 6) is 1.82. The van der Waals surface area contributed by atoms with E-state index in [1.807, 2.05) is 0 Å². The van der Waals surface area contributed by atoms with Crippen LogP contribution in [0.1, 0.15) is 23.1 Å². The molecule has 0 amide bonds. The van der Waals surface area contributed by atoms with Gasteiger partial charge in [-0.2, -0.15) is 4.98 Å². The molecule has 26 heavy (non-hydrogen) atoms. The number of piperazine rings is 1. The van der Waals surface area contributed by atoms with Crippen LogP contribution in [0.5, 0.6) is 5.75 Å². The molecular weight excluding hydrogens is 330 g/mol. The Balaban J connectivity index is 1.43. The Morgan fingerprint density at radius 1 is 1.15 bits per heavy atom. The number of nitrogens with zero attached hydrogens (tertiary/aromatic N) is 3. The summed E-state index contributed by atoms with van der Waals surface area (Å²) in [5, 5.41) is 0. The van der Waals surface area contributed by atoms with Gasteiger partial charge in [-0.1, -0.05) is 6.07 Å². The van der Waals surface area contributed by atoms with Crippen LogP contribution in [0.2, 0.25) is 0 Å². The number of aromatic amines is 1. The summed E-state index contributed by atoms with van der Waals surface area (Å²) in [7, 11) is 1.75. The average Bonchev–Trinajstić information content (AvgIpc) is 3.08. The average molecular weight is 355 g/mol. The Kier molecular flexibility index (Phi) is 4.55. The number of H-pyrrole nitrogens is 1. The highest BCUT2D eigenvalue weighted by Gasteiger charge is 2.21. The number of hydrogen-bond acceptors (Lipinski definition) is 6. The maximum atomic E-state index is 11.6. The van der Waals surface area contributed by atoms with Gasteiger partial charge in [0, 0.05) is 44.4 Å². The third kappa shape index (κ3) is 3.39. The normalized spacial score (nSPS) is 17.3. The molecule has 0 radical (unpaired) electrons. The second-order valence-corrected chi connectivity index (χ2v) is 7.04. The number of methoxy groups -OCH3 is 1. The van der Waals surface area contributed by atoms with E-state index in [-0.39, 0.29) is 11.5 Å². The SMILES string of the molecule is COc1cc2c(cc1CN1CCN(c3cc(=O)[nH]c(N)n3)CC1)CCC2. The van der Waals surface area contributed by atoms with Crippen molar-refractivity contribution >= 4 is 11.8 Å². The van der Waals surface area contributed by atoms with E-state index in [2.05, 4.69) is 31.9 Å². The third-order valence-electron chi connectivity index (χ3n) is 5.33. The lowest BCUT2D eigenvalue weighted by molar-refractivity contribution is 0.245. The fraction of sp³-hybridized carbons (Fsp3) is 0.474. The molecule has 1 aliphatic heterocycles. The van der Waals surface area contributed by atoms with Crippen LogP contribution in [0.4, 0.5) is 11.8 Å². The highest BCUT2D eigenvalue weighted by Crippen LogP contribution is 2.31. The van der Waals surface area contributed by atoms with Crippen molar-refractivity contribution in [1.29, 1.82) is 0 Å². The molecule has 1 aliphatic carbocycles. The van der Waals surface area contributed by atoms with Crippen LogP contribution < -0.4 is 20.9 Å². The molecule has 0 bridgehead atoms. The predicted molar refractivity (Wildman–Crippen MR) is 102 cm³/mol. The number of rotatable bonds is 4. The van der Waals surface area contributed by atoms with Crippen molar-refractivity contribution in [3.8, 4) is 5.75 Å². The van der Waals surface area contributed by atoms with Gasteiger partial charge in [-0.05, 0) is 36.5 Å². The van der Waals surface area contributed by atoms with Crippen molar-refractivity contribution in [1.82, 2.24) is 14.9 Å². The Bertz CT molecular complexity index is 855. The van der Waals surface area contributed by atoms with Crippen molar-refractivity contribution in [3.05, 3.63) is 45.2 Å². The van der Waals surface area contributed by atoms with Gasteiger partial charge in [0.05, 0.1) is 7.11 Å². The van der Waals surface area contributed by atoms with Crippen LogP contribution in [0.3, 0.4) is 0 Å². The van der Waals surface area contributed by atoms with E-state index in [0.29, 0.717) is 5.82 Å². The van der Waals surface area contributed by atoms with Crippen LogP contribution in [-0.4, -0.2) is 48.2 Å². The predicted octanol–water partition coefficient (Wildman–Crippen LogP) is 1.17. The molecule has 0 unspecified atom stereocenters. The lowest BCUT2D eigenvalue weighted by Crippen LogP contribution is -2.46. The minimum Gasteiger partial charge on any atom is -0.496 e. The number of nitrogens with one attached hydrogen (secondary N) is 1. The molecule has 3 N–H and O–H groups in total. The van der Waals surface area contributed by atoms with E-state index in [9.17, 15) is 4.79 Å². The summed E-state index contributed by atoms with van der Waals surface area (Å²) >= 11 is 0. The molecule has 0 saturated carbocycles. The molecule has 0 spiro atoms. The fourth-order valence-electron chi connectivity index (χ4n) is 3.97. The molecule has 4 rings (SSSR count). The van der Waals surface area contributed by atoms with Crippen LogP contribution >= 0.6 is 0 Å². The Labute approximate surface area is 152 Å². The van der Waals surface area contributed by atoms with Crippen molar-refractivity contribution in [2.75, 3.05) is 43.9 Å². The minimum absolute atomic E-state index is 0.165. The van der Waals surface area contributed by atoms with E-state index in [1.54, 1.807) is 7.11 Å². The lowest BCUT2D eigenvalue weighted by atomic mass is 10.0. The van der Waals surface area contributed by atoms with Gasteiger partial charge in [0.25, 0.3) is 5.56 Å². The second-order valence-electron chi connectivity index (χ2n) is 7.04. The van der Waals surface area contributed by atoms with Gasteiger partial charge in [-0.25, -0.2) is 0 Å². The highest BCUT2D eigenvalue weighted by atomic mass is 16.5. The minimum atomic E-state index is -0.210. The van der Waals surface area contributed by atoms with Crippen molar-refractivity contribution < 1.29 is 4.74 Å². The summed E-state index contributed by atoms with van der Waals surface area (Å²) in [4.78, 5) is 22.9. The number of nitrogen functional groups attached to an aromatic ring is 1. The fourth-order valence-corrected chi connectivity index (χ4v) is 3.97. The number of ether oxygens (including phenoxy) is 1. The highest BCUT2D eigenvalue weighted by molar-refractivity contribution is 5.45. The molecule has 0 atom stereocenters. The molecule has 1 aromatic heterocycles. The van der Waals surface area contributed by atoms with Crippen LogP contribution in [0.25, 0.3) is 0 Å². The van der Waals surface area contributed by atoms with Crippen LogP contribution in [0.15, 0.2) is 23.0 Å². The van der Waals surface area contributed by atoms with E-state index < -0.39 is 0 Å². The zero-order valence-corrected chi connectivity index (χ0v) is 15.1. The number of hydrogen-bond donors (Lipinski definition) is 2. The first-order chi connectivity index (χ1) is 12.6. The molecule has 2 aliphatic rings. The molecule has 1 fully saturated rings. The van der Waals surface area contributed by atoms with Crippen molar-refractivity contribution in [2.45, 2.75) is 25.8 Å². The smallest absolute Gasteiger partial charge is 0.254 e. The molecule has 2 heterocycles. The molecule has 1 saturated heterocycles. The first-order valence-corrected chi connectivity index (χ1v) is 9.15. The van der Waals surface area contributed by atoms with Gasteiger partial charge in [0.15, 0.2) is 0 Å². The first kappa shape index (κ1) is 16.9. The van der Waals surface area contributed by atoms with Crippen LogP contribution in [0, 0.1) is 0 Å². The van der Waals surface area contributed by atoms with E-state index in [1.165, 1.54) is 35.6 Å². The van der Waals surface area contributed by atoms with Gasteiger partial charge in [-0.3, -0.25) is 14.7 Å². The summed E-state index contributed by atoms with van der Waals surface area (Å²) in [6.45, 7) is 4.35. The second kappa shape index (κ2) is 6.99. The van der Waals surface area contributed by atoms with Crippen LogP contribution in [-0.2, 0) is 19.4 Å². The maximum Gasteiger partial charge on any atom is 0.254 e. The quantitative estimate of drug-likeness (QED) is 0.856. The largest absolute Gasteiger partial charge is 0.496 e. The Morgan fingerprint density at radius 3 is 2.58 bits per heavy atom. The van der Waals surface area contributed by atoms with Gasteiger partial charge in [0.2, 0.25) is 5.95 Å². The zero-order valence-electron chi connectivity index (χ0n) is 15.1. The van der Waals surface area contributed by atoms with E-state index in [4.69, 9.17) is 10.5 Å². The molecule has 2 aromatic rings. The third-order valence-corrected chi connectivity index (χ3v) is 5.33. The van der Waals surface area contributed by atoms with Crippen molar-refractivity contribution in [2.24, 2.45) is 0 Å². The van der Waals surface area contributed by atoms with Gasteiger partial charge in [-0.15, -0.1) is 0 Å². The number of nitrogens with two attached hydrogens (primary N) is 1. The maximum absolute atomic E-state index is 11.6. The monoisotopic (exact) mass is 355 g/mol. The summed E-state index contributed by atoms with van der Waals surface area (Å²) in [6.07, 6.45) is 3.58. The molecule has 1 aromatic carbocycles.